The van der Waals surface area contributed by atoms with Crippen molar-refractivity contribution < 1.29 is 26.3 Å². The lowest BCUT2D eigenvalue weighted by molar-refractivity contribution is -0.143. The van der Waals surface area contributed by atoms with E-state index in [1.54, 1.807) is 0 Å². The second-order valence-corrected chi connectivity index (χ2v) is 3.85. The highest BCUT2D eigenvalue weighted by atomic mass is 35.5. The van der Waals surface area contributed by atoms with Crippen LogP contribution in [0.4, 0.5) is 32.0 Å². The smallest absolute Gasteiger partial charge is 0.194 e. The molecule has 1 rings (SSSR count). The van der Waals surface area contributed by atoms with E-state index in [2.05, 4.69) is 0 Å². The van der Waals surface area contributed by atoms with Crippen molar-refractivity contribution in [3.8, 4) is 0 Å². The van der Waals surface area contributed by atoms with Crippen molar-refractivity contribution in [2.45, 2.75) is 12.4 Å². The lowest BCUT2D eigenvalue weighted by Crippen LogP contribution is -2.12. The number of anilines is 1. The first-order valence-electron chi connectivity index (χ1n) is 3.93. The van der Waals surface area contributed by atoms with Gasteiger partial charge >= 0.3 is 12.4 Å². The fourth-order valence-electron chi connectivity index (χ4n) is 1.04. The Morgan fingerprint density at radius 1 is 0.765 bits per heavy atom. The van der Waals surface area contributed by atoms with Crippen LogP contribution in [0, 0.1) is 0 Å². The third-order valence-corrected chi connectivity index (χ3v) is 2.16. The minimum absolute atomic E-state index is 0.0131. The molecule has 0 saturated heterocycles. The number of hydrogen-bond donors (Lipinski definition) is 0. The number of nitrogens with zero attached hydrogens (tertiary/aromatic N) is 1. The molecule has 1 nitrogen and oxygen atoms in total. The average Bonchev–Trinajstić information content (AvgIpc) is 2.14. The van der Waals surface area contributed by atoms with Gasteiger partial charge in [-0.1, -0.05) is 0 Å². The normalized spacial score (nSPS) is 12.7. The van der Waals surface area contributed by atoms with E-state index in [9.17, 15) is 26.3 Å². The van der Waals surface area contributed by atoms with Gasteiger partial charge < -0.3 is 0 Å². The molecule has 0 aromatic heterocycles. The van der Waals surface area contributed by atoms with Crippen LogP contribution in [0.3, 0.4) is 0 Å². The van der Waals surface area contributed by atoms with Crippen LogP contribution >= 0.6 is 23.6 Å². The zero-order valence-corrected chi connectivity index (χ0v) is 9.21. The summed E-state index contributed by atoms with van der Waals surface area (Å²) >= 11 is 10.2. The van der Waals surface area contributed by atoms with Gasteiger partial charge in [-0.3, -0.25) is 0 Å². The first-order valence-corrected chi connectivity index (χ1v) is 4.60. The topological polar surface area (TPSA) is 3.24 Å². The molecule has 0 heterocycles. The molecule has 0 atom stereocenters. The van der Waals surface area contributed by atoms with Gasteiger partial charge in [0.05, 0.1) is 16.8 Å². The molecule has 96 valence electrons. The summed E-state index contributed by atoms with van der Waals surface area (Å²) in [5.74, 6) is 0. The van der Waals surface area contributed by atoms with Crippen LogP contribution in [0.25, 0.3) is 0 Å². The second-order valence-electron chi connectivity index (χ2n) is 3.00. The number of hydrogen-bond acceptors (Lipinski definition) is 1. The standard InChI is InChI=1S/C8H3Cl2F6N/c9-17(10)6-2-4(7(11,12)13)1-5(3-6)8(14,15)16/h1-3H. The minimum Gasteiger partial charge on any atom is -0.194 e. The number of alkyl halides is 6. The van der Waals surface area contributed by atoms with Crippen LogP contribution in [0.1, 0.15) is 11.1 Å². The van der Waals surface area contributed by atoms with Gasteiger partial charge in [-0.25, -0.2) is 0 Å². The van der Waals surface area contributed by atoms with Gasteiger partial charge in [0.15, 0.2) is 0 Å². The monoisotopic (exact) mass is 297 g/mol. The maximum Gasteiger partial charge on any atom is 0.416 e. The molecule has 0 amide bonds. The number of benzene rings is 1. The summed E-state index contributed by atoms with van der Waals surface area (Å²) in [5, 5.41) is 0. The fourth-order valence-corrected chi connectivity index (χ4v) is 1.23. The van der Waals surface area contributed by atoms with Crippen molar-refractivity contribution in [1.29, 1.82) is 0 Å². The van der Waals surface area contributed by atoms with Gasteiger partial charge in [-0.15, -0.1) is 0 Å². The summed E-state index contributed by atoms with van der Waals surface area (Å²) in [6, 6.07) is 0.811. The van der Waals surface area contributed by atoms with E-state index in [1.807, 2.05) is 0 Å². The first-order chi connectivity index (χ1) is 7.51. The molecule has 9 heteroatoms. The summed E-state index contributed by atoms with van der Waals surface area (Å²) in [4.78, 5) is 0. The van der Waals surface area contributed by atoms with Gasteiger partial charge in [0.2, 0.25) is 0 Å². The van der Waals surface area contributed by atoms with Crippen LogP contribution in [-0.2, 0) is 12.4 Å². The van der Waals surface area contributed by atoms with Gasteiger partial charge in [-0.05, 0) is 18.2 Å². The molecule has 0 fully saturated rings. The third-order valence-electron chi connectivity index (χ3n) is 1.77. The van der Waals surface area contributed by atoms with Crippen molar-refractivity contribution >= 4 is 29.2 Å². The molecular formula is C8H3Cl2F6N. The Morgan fingerprint density at radius 3 is 1.35 bits per heavy atom. The molecule has 0 N–H and O–H groups in total. The van der Waals surface area contributed by atoms with Crippen molar-refractivity contribution in [3.63, 3.8) is 0 Å². The molecule has 1 aromatic carbocycles. The van der Waals surface area contributed by atoms with E-state index in [4.69, 9.17) is 23.6 Å². The molecule has 0 unspecified atom stereocenters. The maximum absolute atomic E-state index is 12.3. The zero-order valence-electron chi connectivity index (χ0n) is 7.70. The van der Waals surface area contributed by atoms with Gasteiger partial charge in [0, 0.05) is 23.6 Å². The first kappa shape index (κ1) is 14.2. The van der Waals surface area contributed by atoms with Gasteiger partial charge in [-0.2, -0.15) is 30.3 Å². The molecule has 0 aliphatic heterocycles. The molecule has 0 bridgehead atoms. The quantitative estimate of drug-likeness (QED) is 0.530. The lowest BCUT2D eigenvalue weighted by Gasteiger charge is -2.15. The van der Waals surface area contributed by atoms with Crippen LogP contribution in [-0.4, -0.2) is 0 Å². The summed E-state index contributed by atoms with van der Waals surface area (Å²) < 4.78 is 74.1. The second kappa shape index (κ2) is 4.45. The number of halogens is 8. The molecule has 0 aliphatic rings. The minimum atomic E-state index is -4.92. The lowest BCUT2D eigenvalue weighted by atomic mass is 10.1. The highest BCUT2D eigenvalue weighted by Crippen LogP contribution is 2.38. The Balaban J connectivity index is 3.40. The molecule has 0 saturated carbocycles. The van der Waals surface area contributed by atoms with Crippen LogP contribution in [0.15, 0.2) is 18.2 Å². The summed E-state index contributed by atoms with van der Waals surface area (Å²) in [5.41, 5.74) is -3.57. The van der Waals surface area contributed by atoms with Crippen molar-refractivity contribution in [1.82, 2.24) is 0 Å². The Bertz CT molecular complexity index is 379. The third kappa shape index (κ3) is 3.57. The summed E-state index contributed by atoms with van der Waals surface area (Å²) in [7, 11) is 0. The molecule has 0 aliphatic carbocycles. The molecule has 0 spiro atoms. The van der Waals surface area contributed by atoms with E-state index in [-0.39, 0.29) is 10.0 Å². The number of rotatable bonds is 1. The average molecular weight is 298 g/mol. The van der Waals surface area contributed by atoms with Gasteiger partial charge in [0.1, 0.15) is 0 Å². The Hall–Kier alpha value is -0.820. The molecular weight excluding hydrogens is 295 g/mol. The predicted molar refractivity (Wildman–Crippen MR) is 50.6 cm³/mol. The maximum atomic E-state index is 12.3. The highest BCUT2D eigenvalue weighted by Gasteiger charge is 2.37. The fraction of sp³-hybridized carbons (Fsp3) is 0.250. The van der Waals surface area contributed by atoms with E-state index < -0.39 is 29.2 Å². The SMILES string of the molecule is FC(F)(F)c1cc(N(Cl)Cl)cc(C(F)(F)F)c1. The molecule has 17 heavy (non-hydrogen) atoms. The Kier molecular flexibility index (Phi) is 3.73. The van der Waals surface area contributed by atoms with E-state index >= 15 is 0 Å². The highest BCUT2D eigenvalue weighted by molar-refractivity contribution is 6.49. The van der Waals surface area contributed by atoms with E-state index in [0.717, 1.165) is 0 Å². The molecule has 0 radical (unpaired) electrons. The van der Waals surface area contributed by atoms with Crippen LogP contribution < -0.4 is 3.94 Å². The zero-order chi connectivity index (χ0) is 13.4. The van der Waals surface area contributed by atoms with Crippen molar-refractivity contribution in [3.05, 3.63) is 29.3 Å². The van der Waals surface area contributed by atoms with Crippen LogP contribution in [0.5, 0.6) is 0 Å². The predicted octanol–water partition coefficient (Wildman–Crippen LogP) is 4.84. The summed E-state index contributed by atoms with van der Waals surface area (Å²) in [6.07, 6.45) is -9.83. The van der Waals surface area contributed by atoms with Crippen molar-refractivity contribution in [2.24, 2.45) is 0 Å². The Morgan fingerprint density at radius 2 is 1.12 bits per heavy atom. The van der Waals surface area contributed by atoms with Crippen LogP contribution in [0.2, 0.25) is 0 Å². The largest absolute Gasteiger partial charge is 0.416 e. The van der Waals surface area contributed by atoms with Gasteiger partial charge in [0.25, 0.3) is 0 Å². The van der Waals surface area contributed by atoms with E-state index in [0.29, 0.717) is 12.1 Å². The Labute approximate surface area is 102 Å². The van der Waals surface area contributed by atoms with E-state index in [1.165, 1.54) is 0 Å². The molecule has 1 aromatic rings. The summed E-state index contributed by atoms with van der Waals surface area (Å²) in [6.45, 7) is 0. The van der Waals surface area contributed by atoms with Crippen molar-refractivity contribution in [2.75, 3.05) is 3.94 Å².